The summed E-state index contributed by atoms with van der Waals surface area (Å²) in [5.41, 5.74) is 0.639. The molecule has 0 radical (unpaired) electrons. The molecule has 0 aliphatic carbocycles. The van der Waals surface area contributed by atoms with E-state index in [2.05, 4.69) is 5.32 Å². The van der Waals surface area contributed by atoms with Gasteiger partial charge in [-0.25, -0.2) is 4.39 Å². The highest BCUT2D eigenvalue weighted by atomic mass is 35.5. The molecular weight excluding hydrogens is 442 g/mol. The molecule has 8 heteroatoms. The highest BCUT2D eigenvalue weighted by Gasteiger charge is 2.30. The molecule has 2 atom stereocenters. The third-order valence-corrected chi connectivity index (χ3v) is 5.52. The van der Waals surface area contributed by atoms with Gasteiger partial charge < -0.3 is 15.0 Å². The van der Waals surface area contributed by atoms with Gasteiger partial charge >= 0.3 is 0 Å². The molecule has 0 aliphatic heterocycles. The molecule has 31 heavy (non-hydrogen) atoms. The summed E-state index contributed by atoms with van der Waals surface area (Å²) in [7, 11) is 0. The van der Waals surface area contributed by atoms with Crippen LogP contribution in [0, 0.1) is 5.82 Å². The summed E-state index contributed by atoms with van der Waals surface area (Å²) >= 11 is 12.3. The van der Waals surface area contributed by atoms with Crippen LogP contribution in [0.3, 0.4) is 0 Å². The Bertz CT molecular complexity index is 910. The number of benzene rings is 2. The SMILES string of the molecule is CCC(C)NC(=O)C(CC)N(Cc1ccc(Cl)cc1Cl)C(=O)COc1ccccc1F. The lowest BCUT2D eigenvalue weighted by molar-refractivity contribution is -0.143. The van der Waals surface area contributed by atoms with Crippen LogP contribution in [0.5, 0.6) is 5.75 Å². The molecule has 2 amide bonds. The fourth-order valence-electron chi connectivity index (χ4n) is 2.98. The second-order valence-electron chi connectivity index (χ2n) is 7.22. The fraction of sp³-hybridized carbons (Fsp3) is 0.391. The van der Waals surface area contributed by atoms with Crippen LogP contribution in [-0.4, -0.2) is 35.4 Å². The molecule has 0 aliphatic rings. The van der Waals surface area contributed by atoms with Crippen molar-refractivity contribution in [3.63, 3.8) is 0 Å². The van der Waals surface area contributed by atoms with Crippen molar-refractivity contribution in [1.82, 2.24) is 10.2 Å². The van der Waals surface area contributed by atoms with Crippen molar-refractivity contribution in [2.45, 2.75) is 52.2 Å². The smallest absolute Gasteiger partial charge is 0.261 e. The Kier molecular flexibility index (Phi) is 9.59. The van der Waals surface area contributed by atoms with Crippen LogP contribution >= 0.6 is 23.2 Å². The third kappa shape index (κ3) is 7.11. The zero-order valence-corrected chi connectivity index (χ0v) is 19.3. The maximum absolute atomic E-state index is 13.9. The van der Waals surface area contributed by atoms with Crippen LogP contribution in [0.1, 0.15) is 39.2 Å². The molecular formula is C23H27Cl2FN2O3. The van der Waals surface area contributed by atoms with Crippen LogP contribution < -0.4 is 10.1 Å². The van der Waals surface area contributed by atoms with E-state index in [4.69, 9.17) is 27.9 Å². The Hall–Kier alpha value is -2.31. The molecule has 2 rings (SSSR count). The highest BCUT2D eigenvalue weighted by Crippen LogP contribution is 2.24. The van der Waals surface area contributed by atoms with E-state index in [1.165, 1.54) is 23.1 Å². The number of amides is 2. The van der Waals surface area contributed by atoms with E-state index in [0.717, 1.165) is 6.42 Å². The molecule has 2 unspecified atom stereocenters. The van der Waals surface area contributed by atoms with E-state index in [-0.39, 0.29) is 24.2 Å². The van der Waals surface area contributed by atoms with Gasteiger partial charge in [0.25, 0.3) is 5.91 Å². The van der Waals surface area contributed by atoms with Gasteiger partial charge in [0.2, 0.25) is 5.91 Å². The van der Waals surface area contributed by atoms with E-state index in [9.17, 15) is 14.0 Å². The molecule has 0 saturated heterocycles. The molecule has 2 aromatic carbocycles. The summed E-state index contributed by atoms with van der Waals surface area (Å²) in [5, 5.41) is 3.78. The van der Waals surface area contributed by atoms with Gasteiger partial charge in [0.1, 0.15) is 6.04 Å². The van der Waals surface area contributed by atoms with Crippen molar-refractivity contribution < 1.29 is 18.7 Å². The molecule has 168 valence electrons. The second kappa shape index (κ2) is 11.9. The summed E-state index contributed by atoms with van der Waals surface area (Å²) in [6, 6.07) is 10.0. The normalized spacial score (nSPS) is 12.7. The van der Waals surface area contributed by atoms with Gasteiger partial charge in [-0.2, -0.15) is 0 Å². The van der Waals surface area contributed by atoms with E-state index in [1.54, 1.807) is 24.3 Å². The van der Waals surface area contributed by atoms with Gasteiger partial charge in [-0.15, -0.1) is 0 Å². The number of halogens is 3. The predicted octanol–water partition coefficient (Wildman–Crippen LogP) is 5.23. The maximum Gasteiger partial charge on any atom is 0.261 e. The van der Waals surface area contributed by atoms with E-state index < -0.39 is 24.4 Å². The third-order valence-electron chi connectivity index (χ3n) is 4.93. The summed E-state index contributed by atoms with van der Waals surface area (Å²) in [6.07, 6.45) is 1.15. The lowest BCUT2D eigenvalue weighted by Crippen LogP contribution is -2.51. The molecule has 2 aromatic rings. The Morgan fingerprint density at radius 3 is 2.45 bits per heavy atom. The van der Waals surface area contributed by atoms with Crippen molar-refractivity contribution in [3.05, 3.63) is 63.9 Å². The molecule has 0 spiro atoms. The van der Waals surface area contributed by atoms with Crippen LogP contribution in [-0.2, 0) is 16.1 Å². The first-order valence-electron chi connectivity index (χ1n) is 10.2. The average Bonchev–Trinajstić information content (AvgIpc) is 2.74. The number of nitrogens with zero attached hydrogens (tertiary/aromatic N) is 1. The molecule has 0 aromatic heterocycles. The zero-order chi connectivity index (χ0) is 23.0. The van der Waals surface area contributed by atoms with Crippen molar-refractivity contribution in [2.75, 3.05) is 6.61 Å². The van der Waals surface area contributed by atoms with Crippen LogP contribution in [0.15, 0.2) is 42.5 Å². The van der Waals surface area contributed by atoms with Crippen LogP contribution in [0.2, 0.25) is 10.0 Å². The van der Waals surface area contributed by atoms with Crippen LogP contribution in [0.25, 0.3) is 0 Å². The topological polar surface area (TPSA) is 58.6 Å². The van der Waals surface area contributed by atoms with Crippen molar-refractivity contribution >= 4 is 35.0 Å². The lowest BCUT2D eigenvalue weighted by atomic mass is 10.1. The van der Waals surface area contributed by atoms with E-state index in [1.807, 2.05) is 20.8 Å². The van der Waals surface area contributed by atoms with Gasteiger partial charge in [0.05, 0.1) is 0 Å². The van der Waals surface area contributed by atoms with Crippen molar-refractivity contribution in [1.29, 1.82) is 0 Å². The average molecular weight is 469 g/mol. The first-order valence-corrected chi connectivity index (χ1v) is 10.9. The molecule has 0 bridgehead atoms. The van der Waals surface area contributed by atoms with Gasteiger partial charge in [-0.05, 0) is 49.6 Å². The molecule has 0 heterocycles. The molecule has 1 N–H and O–H groups in total. The summed E-state index contributed by atoms with van der Waals surface area (Å²) < 4.78 is 19.3. The Morgan fingerprint density at radius 2 is 1.84 bits per heavy atom. The zero-order valence-electron chi connectivity index (χ0n) is 17.8. The number of carbonyl (C=O) groups is 2. The van der Waals surface area contributed by atoms with Gasteiger partial charge in [-0.3, -0.25) is 9.59 Å². The minimum atomic E-state index is -0.738. The molecule has 0 fully saturated rings. The standard InChI is InChI=1S/C23H27Cl2FN2O3/c1-4-15(3)27-23(30)20(5-2)28(13-16-10-11-17(24)12-18(16)25)22(29)14-31-21-9-7-6-8-19(21)26/h6-12,15,20H,4-5,13-14H2,1-3H3,(H,27,30). The number of nitrogens with one attached hydrogen (secondary N) is 1. The fourth-order valence-corrected chi connectivity index (χ4v) is 3.45. The van der Waals surface area contributed by atoms with Crippen molar-refractivity contribution in [2.24, 2.45) is 0 Å². The monoisotopic (exact) mass is 468 g/mol. The summed E-state index contributed by atoms with van der Waals surface area (Å²) in [5.74, 6) is -1.32. The van der Waals surface area contributed by atoms with Gasteiger partial charge in [0, 0.05) is 22.6 Å². The minimum absolute atomic E-state index is 0.0302. The predicted molar refractivity (Wildman–Crippen MR) is 121 cm³/mol. The summed E-state index contributed by atoms with van der Waals surface area (Å²) in [6.45, 7) is 5.35. The van der Waals surface area contributed by atoms with E-state index >= 15 is 0 Å². The lowest BCUT2D eigenvalue weighted by Gasteiger charge is -2.31. The number of para-hydroxylation sites is 1. The Morgan fingerprint density at radius 1 is 1.13 bits per heavy atom. The number of carbonyl (C=O) groups excluding carboxylic acids is 2. The largest absolute Gasteiger partial charge is 0.481 e. The number of rotatable bonds is 10. The number of ether oxygens (including phenoxy) is 1. The quantitative estimate of drug-likeness (QED) is 0.518. The van der Waals surface area contributed by atoms with Gasteiger partial charge in [0.15, 0.2) is 18.2 Å². The van der Waals surface area contributed by atoms with Crippen LogP contribution in [0.4, 0.5) is 4.39 Å². The maximum atomic E-state index is 13.9. The first-order chi connectivity index (χ1) is 14.8. The second-order valence-corrected chi connectivity index (χ2v) is 8.06. The Labute approximate surface area is 192 Å². The van der Waals surface area contributed by atoms with Gasteiger partial charge in [-0.1, -0.05) is 55.2 Å². The Balaban J connectivity index is 2.27. The van der Waals surface area contributed by atoms with E-state index in [0.29, 0.717) is 22.0 Å². The number of hydrogen-bond donors (Lipinski definition) is 1. The minimum Gasteiger partial charge on any atom is -0.481 e. The molecule has 5 nitrogen and oxygen atoms in total. The molecule has 0 saturated carbocycles. The highest BCUT2D eigenvalue weighted by molar-refractivity contribution is 6.35. The first kappa shape index (κ1) is 25.0. The number of hydrogen-bond acceptors (Lipinski definition) is 3. The summed E-state index contributed by atoms with van der Waals surface area (Å²) in [4.78, 5) is 27.4. The van der Waals surface area contributed by atoms with Crippen molar-refractivity contribution in [3.8, 4) is 5.75 Å².